The van der Waals surface area contributed by atoms with Gasteiger partial charge >= 0.3 is 12.2 Å². The molecule has 62 heavy (non-hydrogen) atoms. The lowest BCUT2D eigenvalue weighted by molar-refractivity contribution is -0.139. The second kappa shape index (κ2) is 17.6. The molecule has 14 heteroatoms. The molecule has 5 N–H and O–H groups in total. The summed E-state index contributed by atoms with van der Waals surface area (Å²) in [5.41, 5.74) is 5.34. The molecule has 0 bridgehead atoms. The molecule has 4 heterocycles. The number of nitrogens with zero attached hydrogens (tertiary/aromatic N) is 3. The molecule has 2 fully saturated rings. The van der Waals surface area contributed by atoms with E-state index in [2.05, 4.69) is 86.9 Å². The van der Waals surface area contributed by atoms with E-state index in [-0.39, 0.29) is 36.0 Å². The summed E-state index contributed by atoms with van der Waals surface area (Å²) in [6.45, 7) is 6.73. The zero-order valence-electron chi connectivity index (χ0n) is 35.7. The number of likely N-dealkylation sites (tertiary alicyclic amines) is 2. The van der Waals surface area contributed by atoms with Gasteiger partial charge in [-0.2, -0.15) is 0 Å². The maximum Gasteiger partial charge on any atom is 0.407 e. The fraction of sp³-hybridized carbons (Fsp3) is 0.354. The molecule has 0 spiro atoms. The van der Waals surface area contributed by atoms with Gasteiger partial charge in [0.15, 0.2) is 0 Å². The van der Waals surface area contributed by atoms with E-state index in [1.165, 1.54) is 14.2 Å². The van der Waals surface area contributed by atoms with Crippen LogP contribution in [0.15, 0.2) is 103 Å². The highest BCUT2D eigenvalue weighted by Crippen LogP contribution is 2.37. The number of aromatic nitrogens is 2. The number of benzene rings is 4. The maximum absolute atomic E-state index is 14.2. The standard InChI is InChI=1S/C48H54N8O6/c1-29(2)41(53-46(59)61-4)44(57)55-23-9-13-39(55)42-50-28-38(52-42)35-22-21-33-25-32(19-20-34(33)26-35)30-15-17-31(18-16-30)37-27-49-43(51-37)40-14-10-24-56(40)45(58)48(3,54-47(60)62-5)36-11-7-6-8-12-36/h6-8,11-12,15-22,25-29,39-42,50,52H,9-10,13-14,23-24H2,1-5H3,(H,49,51)(H,53,59)(H,54,60)/t39-,40-,41-,42?,48-/m0/s1. The first-order valence-electron chi connectivity index (χ1n) is 21.3. The number of carbonyl (C=O) groups excluding carboxylic acids is 4. The van der Waals surface area contributed by atoms with Crippen molar-refractivity contribution in [3.8, 4) is 22.4 Å². The smallest absolute Gasteiger partial charge is 0.407 e. The van der Waals surface area contributed by atoms with Crippen LogP contribution in [0.25, 0.3) is 38.9 Å². The van der Waals surface area contributed by atoms with Gasteiger partial charge in [0.05, 0.1) is 43.9 Å². The van der Waals surface area contributed by atoms with E-state index in [1.54, 1.807) is 11.8 Å². The van der Waals surface area contributed by atoms with Crippen LogP contribution in [-0.4, -0.2) is 89.3 Å². The Kier molecular flexibility index (Phi) is 11.9. The quantitative estimate of drug-likeness (QED) is 0.0939. The van der Waals surface area contributed by atoms with Crippen molar-refractivity contribution in [2.45, 2.75) is 76.3 Å². The number of ether oxygens (including phenoxy) is 2. The van der Waals surface area contributed by atoms with Crippen LogP contribution in [0.2, 0.25) is 0 Å². The van der Waals surface area contributed by atoms with Gasteiger partial charge in [-0.15, -0.1) is 0 Å². The molecule has 3 aliphatic heterocycles. The van der Waals surface area contributed by atoms with E-state index < -0.39 is 23.8 Å². The predicted octanol–water partition coefficient (Wildman–Crippen LogP) is 7.02. The molecular formula is C48H54N8O6. The third-order valence-electron chi connectivity index (χ3n) is 12.5. The average molecular weight is 839 g/mol. The monoisotopic (exact) mass is 838 g/mol. The first-order chi connectivity index (χ1) is 30.0. The number of fused-ring (bicyclic) bond motifs is 1. The summed E-state index contributed by atoms with van der Waals surface area (Å²) < 4.78 is 9.68. The second-order valence-corrected chi connectivity index (χ2v) is 16.7. The molecule has 2 saturated heterocycles. The number of nitrogens with one attached hydrogen (secondary N) is 5. The minimum atomic E-state index is -1.33. The third kappa shape index (κ3) is 8.28. The minimum Gasteiger partial charge on any atom is -0.453 e. The normalized spacial score (nSPS) is 19.9. The van der Waals surface area contributed by atoms with Crippen LogP contribution in [-0.2, 0) is 24.6 Å². The van der Waals surface area contributed by atoms with Crippen LogP contribution in [0.5, 0.6) is 0 Å². The van der Waals surface area contributed by atoms with Crippen LogP contribution in [0.3, 0.4) is 0 Å². The summed E-state index contributed by atoms with van der Waals surface area (Å²) in [5.74, 6) is 0.288. The van der Waals surface area contributed by atoms with Crippen LogP contribution < -0.4 is 21.3 Å². The van der Waals surface area contributed by atoms with E-state index in [9.17, 15) is 19.2 Å². The van der Waals surface area contributed by atoms with Crippen molar-refractivity contribution >= 4 is 40.5 Å². The van der Waals surface area contributed by atoms with Crippen LogP contribution in [0, 0.1) is 5.92 Å². The summed E-state index contributed by atoms with van der Waals surface area (Å²) >= 11 is 0. The lowest BCUT2D eigenvalue weighted by Gasteiger charge is -2.35. The van der Waals surface area contributed by atoms with Crippen molar-refractivity contribution in [3.05, 3.63) is 120 Å². The van der Waals surface area contributed by atoms with Gasteiger partial charge in [-0.05, 0) is 89.2 Å². The molecule has 0 saturated carbocycles. The molecule has 14 nitrogen and oxygen atoms in total. The van der Waals surface area contributed by atoms with Gasteiger partial charge in [-0.3, -0.25) is 9.59 Å². The number of alkyl carbamates (subject to hydrolysis) is 2. The number of aromatic amines is 1. The van der Waals surface area contributed by atoms with E-state index in [0.29, 0.717) is 24.5 Å². The molecule has 3 aliphatic rings. The fourth-order valence-corrected chi connectivity index (χ4v) is 9.03. The third-order valence-corrected chi connectivity index (χ3v) is 12.5. The van der Waals surface area contributed by atoms with E-state index in [1.807, 2.05) is 61.5 Å². The Morgan fingerprint density at radius 3 is 2.15 bits per heavy atom. The summed E-state index contributed by atoms with van der Waals surface area (Å²) in [6.07, 6.45) is 5.64. The predicted molar refractivity (Wildman–Crippen MR) is 237 cm³/mol. The Bertz CT molecular complexity index is 2490. The van der Waals surface area contributed by atoms with E-state index in [4.69, 9.17) is 14.5 Å². The van der Waals surface area contributed by atoms with Gasteiger partial charge in [0, 0.05) is 19.3 Å². The molecule has 5 aromatic rings. The number of amides is 4. The topological polar surface area (TPSA) is 170 Å². The number of rotatable bonds is 11. The van der Waals surface area contributed by atoms with Gasteiger partial charge in [0.25, 0.3) is 5.91 Å². The van der Waals surface area contributed by atoms with Crippen LogP contribution in [0.1, 0.15) is 69.4 Å². The highest BCUT2D eigenvalue weighted by molar-refractivity contribution is 5.92. The van der Waals surface area contributed by atoms with Crippen molar-refractivity contribution in [2.75, 3.05) is 27.3 Å². The van der Waals surface area contributed by atoms with Crippen LogP contribution >= 0.6 is 0 Å². The van der Waals surface area contributed by atoms with Crippen LogP contribution in [0.4, 0.5) is 9.59 Å². The highest BCUT2D eigenvalue weighted by atomic mass is 16.5. The molecule has 1 aromatic heterocycles. The summed E-state index contributed by atoms with van der Waals surface area (Å²) in [7, 11) is 2.59. The zero-order chi connectivity index (χ0) is 43.5. The second-order valence-electron chi connectivity index (χ2n) is 16.7. The van der Waals surface area contributed by atoms with Gasteiger partial charge < -0.3 is 45.5 Å². The lowest BCUT2D eigenvalue weighted by atomic mass is 9.90. The van der Waals surface area contributed by atoms with Crippen molar-refractivity contribution in [3.63, 3.8) is 0 Å². The molecule has 8 rings (SSSR count). The molecule has 5 atom stereocenters. The SMILES string of the molecule is COC(=O)N[C@H](C(=O)N1CCC[C@H]1C1NC=C(c2ccc3cc(-c4ccc(-c5cnc([C@@H]6CCCN6C(=O)[C@@](C)(NC(=O)OC)c6ccccc6)[nH]5)cc4)ccc3c2)N1)C(C)C. The van der Waals surface area contributed by atoms with Gasteiger partial charge in [0.2, 0.25) is 5.91 Å². The van der Waals surface area contributed by atoms with Gasteiger partial charge in [-0.25, -0.2) is 14.6 Å². The Labute approximate surface area is 361 Å². The number of imidazole rings is 1. The Hall–Kier alpha value is -6.83. The fourth-order valence-electron chi connectivity index (χ4n) is 9.03. The molecule has 0 radical (unpaired) electrons. The molecule has 4 aromatic carbocycles. The number of methoxy groups -OCH3 is 2. The van der Waals surface area contributed by atoms with Gasteiger partial charge in [0.1, 0.15) is 23.6 Å². The molecular weight excluding hydrogens is 785 g/mol. The van der Waals surface area contributed by atoms with E-state index >= 15 is 0 Å². The number of hydrogen-bond acceptors (Lipinski definition) is 9. The van der Waals surface area contributed by atoms with Crippen molar-refractivity contribution in [2.24, 2.45) is 5.92 Å². The molecule has 1 unspecified atom stereocenters. The van der Waals surface area contributed by atoms with Crippen molar-refractivity contribution in [1.82, 2.24) is 41.0 Å². The van der Waals surface area contributed by atoms with E-state index in [0.717, 1.165) is 70.1 Å². The maximum atomic E-state index is 14.2. The first-order valence-corrected chi connectivity index (χ1v) is 21.3. The number of H-pyrrole nitrogens is 1. The Morgan fingerprint density at radius 1 is 0.790 bits per heavy atom. The first kappa shape index (κ1) is 41.9. The number of hydrogen-bond donors (Lipinski definition) is 5. The lowest BCUT2D eigenvalue weighted by Crippen LogP contribution is -2.57. The Balaban J connectivity index is 0.924. The summed E-state index contributed by atoms with van der Waals surface area (Å²) in [5, 5.41) is 14.8. The number of carbonyl (C=O) groups is 4. The summed E-state index contributed by atoms with van der Waals surface area (Å²) in [4.78, 5) is 64.2. The van der Waals surface area contributed by atoms with Gasteiger partial charge in [-0.1, -0.05) is 92.7 Å². The largest absolute Gasteiger partial charge is 0.453 e. The zero-order valence-corrected chi connectivity index (χ0v) is 35.7. The summed E-state index contributed by atoms with van der Waals surface area (Å²) in [6, 6.07) is 29.4. The van der Waals surface area contributed by atoms with Crippen molar-refractivity contribution in [1.29, 1.82) is 0 Å². The van der Waals surface area contributed by atoms with Crippen molar-refractivity contribution < 1.29 is 28.7 Å². The highest BCUT2D eigenvalue weighted by Gasteiger charge is 2.45. The minimum absolute atomic E-state index is 0.0739. The average Bonchev–Trinajstić information content (AvgIpc) is 4.15. The Morgan fingerprint density at radius 2 is 1.44 bits per heavy atom. The molecule has 0 aliphatic carbocycles. The molecule has 4 amide bonds. The molecule has 322 valence electrons.